The Morgan fingerprint density at radius 2 is 1.70 bits per heavy atom. The zero-order valence-corrected chi connectivity index (χ0v) is 14.8. The summed E-state index contributed by atoms with van der Waals surface area (Å²) in [7, 11) is 0. The Kier molecular flexibility index (Phi) is 3.94. The average Bonchev–Trinajstić information content (AvgIpc) is 3.27. The average molecular weight is 413 g/mol. The molecule has 3 heterocycles. The van der Waals surface area contributed by atoms with E-state index < -0.39 is 47.0 Å². The van der Waals surface area contributed by atoms with Crippen molar-refractivity contribution < 1.29 is 39.6 Å². The zero-order chi connectivity index (χ0) is 21.9. The van der Waals surface area contributed by atoms with Crippen molar-refractivity contribution >= 4 is 51.2 Å². The van der Waals surface area contributed by atoms with E-state index in [0.29, 0.717) is 0 Å². The van der Waals surface area contributed by atoms with E-state index in [2.05, 4.69) is 9.97 Å². The van der Waals surface area contributed by atoms with Crippen molar-refractivity contribution in [3.05, 3.63) is 45.1 Å². The highest BCUT2D eigenvalue weighted by Crippen LogP contribution is 2.32. The van der Waals surface area contributed by atoms with E-state index in [1.54, 1.807) is 0 Å². The number of benzene rings is 1. The van der Waals surface area contributed by atoms with E-state index in [-0.39, 0.29) is 45.3 Å². The highest BCUT2D eigenvalue weighted by molar-refractivity contribution is 6.20. The number of pyridine rings is 1. The highest BCUT2D eigenvalue weighted by atomic mass is 16.4. The fraction of sp³-hybridized carbons (Fsp3) is 0.111. The quantitative estimate of drug-likeness (QED) is 0.302. The van der Waals surface area contributed by atoms with Crippen LogP contribution < -0.4 is 5.43 Å². The van der Waals surface area contributed by atoms with Crippen LogP contribution in [0.4, 0.5) is 0 Å². The van der Waals surface area contributed by atoms with Crippen molar-refractivity contribution in [2.45, 2.75) is 12.8 Å². The highest BCUT2D eigenvalue weighted by Gasteiger charge is 2.28. The van der Waals surface area contributed by atoms with E-state index in [0.717, 1.165) is 16.5 Å². The number of hydrogen-bond donors (Lipinski definition) is 5. The van der Waals surface area contributed by atoms with Crippen molar-refractivity contribution in [1.29, 1.82) is 0 Å². The topological polar surface area (TPSA) is 199 Å². The van der Waals surface area contributed by atoms with Gasteiger partial charge in [-0.3, -0.25) is 14.0 Å². The van der Waals surface area contributed by atoms with Gasteiger partial charge in [-0.1, -0.05) is 0 Å². The number of imidazole rings is 1. The van der Waals surface area contributed by atoms with Crippen LogP contribution in [0.3, 0.4) is 0 Å². The number of nitrogens with one attached hydrogen (secondary N) is 1. The third-order valence-corrected chi connectivity index (χ3v) is 4.74. The third kappa shape index (κ3) is 2.54. The van der Waals surface area contributed by atoms with Gasteiger partial charge in [-0.25, -0.2) is 19.4 Å². The maximum atomic E-state index is 12.9. The standard InChI is InChI=1S/C18H11N3O9/c22-10(23)2-1-9-20-13-14-11(5(16(25)26)4-8(18(29)30)21(9)14)12-6(15(13)24)3-7(19-12)17(27)28/h3-4,19H,1-2H2,(H,22,23)(H,25,26)(H,27,28)(H,29,30). The summed E-state index contributed by atoms with van der Waals surface area (Å²) < 4.78 is 1.03. The van der Waals surface area contributed by atoms with Crippen molar-refractivity contribution in [2.24, 2.45) is 0 Å². The van der Waals surface area contributed by atoms with Gasteiger partial charge in [0.1, 0.15) is 22.7 Å². The molecule has 3 aromatic heterocycles. The fourth-order valence-corrected chi connectivity index (χ4v) is 3.56. The molecule has 0 aliphatic rings. The molecule has 4 rings (SSSR count). The molecule has 12 nitrogen and oxygen atoms in total. The predicted molar refractivity (Wildman–Crippen MR) is 98.8 cm³/mol. The van der Waals surface area contributed by atoms with E-state index in [4.69, 9.17) is 5.11 Å². The summed E-state index contributed by atoms with van der Waals surface area (Å²) in [6.45, 7) is 0. The number of aromatic carboxylic acids is 3. The first-order chi connectivity index (χ1) is 14.1. The number of carbonyl (C=O) groups is 4. The molecule has 0 atom stereocenters. The second kappa shape index (κ2) is 6.27. The molecule has 0 saturated carbocycles. The Morgan fingerprint density at radius 1 is 1.00 bits per heavy atom. The number of fused-ring (bicyclic) bond motifs is 2. The number of aromatic amines is 1. The summed E-state index contributed by atoms with van der Waals surface area (Å²) in [5.74, 6) is -5.61. The van der Waals surface area contributed by atoms with Gasteiger partial charge in [-0.2, -0.15) is 0 Å². The van der Waals surface area contributed by atoms with Crippen molar-refractivity contribution in [3.63, 3.8) is 0 Å². The van der Waals surface area contributed by atoms with Gasteiger partial charge < -0.3 is 25.4 Å². The number of aromatic nitrogens is 3. The largest absolute Gasteiger partial charge is 0.481 e. The molecule has 0 amide bonds. The summed E-state index contributed by atoms with van der Waals surface area (Å²) >= 11 is 0. The maximum absolute atomic E-state index is 12.9. The van der Waals surface area contributed by atoms with Crippen LogP contribution >= 0.6 is 0 Å². The number of nitrogens with zero attached hydrogens (tertiary/aromatic N) is 2. The Labute approximate surface area is 164 Å². The number of H-pyrrole nitrogens is 1. The normalized spacial score (nSPS) is 11.5. The first-order valence-corrected chi connectivity index (χ1v) is 8.39. The van der Waals surface area contributed by atoms with E-state index in [1.807, 2.05) is 0 Å². The minimum atomic E-state index is -1.51. The lowest BCUT2D eigenvalue weighted by atomic mass is 10.0. The van der Waals surface area contributed by atoms with Crippen LogP contribution in [0.15, 0.2) is 16.9 Å². The second-order valence-electron chi connectivity index (χ2n) is 6.49. The molecule has 0 bridgehead atoms. The SMILES string of the molecule is O=C(O)CCc1nc2c(=O)c3cc(C(=O)O)[nH]c3c3c(C(=O)O)cc(C(=O)O)n1c23. The zero-order valence-electron chi connectivity index (χ0n) is 14.8. The van der Waals surface area contributed by atoms with Crippen LogP contribution in [0, 0.1) is 0 Å². The summed E-state index contributed by atoms with van der Waals surface area (Å²) in [5.41, 5.74) is -2.59. The van der Waals surface area contributed by atoms with Crippen LogP contribution in [0.1, 0.15) is 43.6 Å². The van der Waals surface area contributed by atoms with Crippen LogP contribution in [0.2, 0.25) is 0 Å². The molecule has 4 aromatic rings. The molecule has 5 N–H and O–H groups in total. The minimum absolute atomic E-state index is 0.0463. The molecule has 30 heavy (non-hydrogen) atoms. The van der Waals surface area contributed by atoms with Gasteiger partial charge in [0.2, 0.25) is 5.43 Å². The second-order valence-corrected chi connectivity index (χ2v) is 6.49. The minimum Gasteiger partial charge on any atom is -0.481 e. The summed E-state index contributed by atoms with van der Waals surface area (Å²) in [6, 6.07) is 1.91. The predicted octanol–water partition coefficient (Wildman–Crippen LogP) is 0.879. The van der Waals surface area contributed by atoms with Crippen LogP contribution in [0.25, 0.3) is 27.3 Å². The molecule has 0 aliphatic carbocycles. The number of rotatable bonds is 6. The van der Waals surface area contributed by atoms with Crippen LogP contribution in [0.5, 0.6) is 0 Å². The van der Waals surface area contributed by atoms with Crippen LogP contribution in [-0.4, -0.2) is 58.7 Å². The van der Waals surface area contributed by atoms with Gasteiger partial charge in [-0.15, -0.1) is 0 Å². The molecule has 0 fully saturated rings. The Morgan fingerprint density at radius 3 is 2.27 bits per heavy atom. The van der Waals surface area contributed by atoms with Crippen molar-refractivity contribution in [1.82, 2.24) is 14.4 Å². The molecule has 0 aliphatic heterocycles. The molecule has 0 unspecified atom stereocenters. The molecular weight excluding hydrogens is 402 g/mol. The van der Waals surface area contributed by atoms with Crippen molar-refractivity contribution in [2.75, 3.05) is 0 Å². The van der Waals surface area contributed by atoms with Crippen LogP contribution in [-0.2, 0) is 11.2 Å². The number of aliphatic carboxylic acids is 1. The summed E-state index contributed by atoms with van der Waals surface area (Å²) in [4.78, 5) is 65.5. The summed E-state index contributed by atoms with van der Waals surface area (Å²) in [5, 5.41) is 37.2. The molecule has 0 spiro atoms. The fourth-order valence-electron chi connectivity index (χ4n) is 3.56. The third-order valence-electron chi connectivity index (χ3n) is 4.74. The molecule has 152 valence electrons. The first-order valence-electron chi connectivity index (χ1n) is 8.39. The Balaban J connectivity index is 2.28. The Hall–Kier alpha value is -4.48. The number of aryl methyl sites for hydroxylation is 1. The lowest BCUT2D eigenvalue weighted by molar-refractivity contribution is -0.137. The molecule has 0 radical (unpaired) electrons. The van der Waals surface area contributed by atoms with E-state index in [9.17, 15) is 39.3 Å². The smallest absolute Gasteiger partial charge is 0.352 e. The molecule has 1 aromatic carbocycles. The molecule has 12 heteroatoms. The first kappa shape index (κ1) is 18.9. The van der Waals surface area contributed by atoms with E-state index in [1.165, 1.54) is 0 Å². The maximum Gasteiger partial charge on any atom is 0.352 e. The van der Waals surface area contributed by atoms with E-state index >= 15 is 0 Å². The van der Waals surface area contributed by atoms with Gasteiger partial charge in [-0.05, 0) is 12.1 Å². The number of hydrogen-bond acceptors (Lipinski definition) is 6. The van der Waals surface area contributed by atoms with Crippen molar-refractivity contribution in [3.8, 4) is 0 Å². The number of carboxylic acids is 4. The molecular formula is C18H11N3O9. The summed E-state index contributed by atoms with van der Waals surface area (Å²) in [6.07, 6.45) is -0.624. The van der Waals surface area contributed by atoms with Gasteiger partial charge in [0.05, 0.1) is 28.4 Å². The lowest BCUT2D eigenvalue weighted by Crippen LogP contribution is -2.13. The number of carboxylic acid groups (broad SMARTS) is 4. The van der Waals surface area contributed by atoms with Gasteiger partial charge >= 0.3 is 23.9 Å². The van der Waals surface area contributed by atoms with Gasteiger partial charge in [0.15, 0.2) is 0 Å². The monoisotopic (exact) mass is 413 g/mol. The lowest BCUT2D eigenvalue weighted by Gasteiger charge is -2.10. The van der Waals surface area contributed by atoms with Gasteiger partial charge in [0, 0.05) is 11.8 Å². The van der Waals surface area contributed by atoms with Gasteiger partial charge in [0.25, 0.3) is 0 Å². The Bertz CT molecular complexity index is 1480. The molecule has 0 saturated heterocycles.